The van der Waals surface area contributed by atoms with Crippen LogP contribution >= 0.6 is 0 Å². The Morgan fingerprint density at radius 2 is 2.58 bits per heavy atom. The predicted molar refractivity (Wildman–Crippen MR) is 44.7 cm³/mol. The predicted octanol–water partition coefficient (Wildman–Crippen LogP) is 0.692. The van der Waals surface area contributed by atoms with Crippen molar-refractivity contribution in [2.75, 3.05) is 13.2 Å². The second kappa shape index (κ2) is 2.73. The molecule has 2 fully saturated rings. The molecule has 68 valence electrons. The van der Waals surface area contributed by atoms with Crippen LogP contribution in [0.4, 0.5) is 0 Å². The minimum absolute atomic E-state index is 0.0327. The fourth-order valence-corrected chi connectivity index (χ4v) is 2.14. The van der Waals surface area contributed by atoms with Gasteiger partial charge in [-0.15, -0.1) is 0 Å². The van der Waals surface area contributed by atoms with Gasteiger partial charge in [0.05, 0.1) is 6.61 Å². The summed E-state index contributed by atoms with van der Waals surface area (Å²) in [4.78, 5) is 11.5. The molecule has 0 aromatic carbocycles. The van der Waals surface area contributed by atoms with Gasteiger partial charge in [-0.05, 0) is 38.6 Å². The third kappa shape index (κ3) is 1.04. The monoisotopic (exact) mass is 169 g/mol. The van der Waals surface area contributed by atoms with E-state index in [4.69, 9.17) is 4.74 Å². The number of carbonyl (C=O) groups is 1. The highest BCUT2D eigenvalue weighted by atomic mass is 16.5. The number of hydrogen-bond acceptors (Lipinski definition) is 3. The Bertz CT molecular complexity index is 205. The molecule has 3 heteroatoms. The number of hydrogen-bond donors (Lipinski definition) is 1. The first-order valence-electron chi connectivity index (χ1n) is 4.72. The summed E-state index contributed by atoms with van der Waals surface area (Å²) >= 11 is 0. The summed E-state index contributed by atoms with van der Waals surface area (Å²) in [5.41, 5.74) is -0.256. The van der Waals surface area contributed by atoms with Crippen LogP contribution in [0.2, 0.25) is 0 Å². The molecule has 3 nitrogen and oxygen atoms in total. The molecule has 1 heterocycles. The lowest BCUT2D eigenvalue weighted by Crippen LogP contribution is -2.45. The molecule has 0 bridgehead atoms. The van der Waals surface area contributed by atoms with E-state index < -0.39 is 0 Å². The van der Waals surface area contributed by atoms with Gasteiger partial charge in [-0.1, -0.05) is 0 Å². The zero-order valence-electron chi connectivity index (χ0n) is 7.43. The van der Waals surface area contributed by atoms with Gasteiger partial charge >= 0.3 is 5.97 Å². The van der Waals surface area contributed by atoms with E-state index in [1.165, 1.54) is 12.8 Å². The zero-order chi connectivity index (χ0) is 8.60. The minimum atomic E-state index is -0.256. The molecule has 1 aliphatic heterocycles. The van der Waals surface area contributed by atoms with E-state index in [0.717, 1.165) is 13.0 Å². The van der Waals surface area contributed by atoms with Crippen LogP contribution in [0.3, 0.4) is 0 Å². The molecule has 1 aliphatic carbocycles. The molecule has 1 saturated carbocycles. The van der Waals surface area contributed by atoms with Crippen LogP contribution in [0, 0.1) is 5.92 Å². The standard InChI is InChI=1S/C9H15NO2/c1-2-12-8(11)9-6-7(9)4-3-5-10-9/h7,10H,2-6H2,1H3. The van der Waals surface area contributed by atoms with Crippen molar-refractivity contribution >= 4 is 5.97 Å². The van der Waals surface area contributed by atoms with Crippen LogP contribution < -0.4 is 5.32 Å². The average Bonchev–Trinajstić information content (AvgIpc) is 2.79. The molecule has 0 amide bonds. The highest BCUT2D eigenvalue weighted by Crippen LogP contribution is 2.49. The van der Waals surface area contributed by atoms with Gasteiger partial charge in [0.25, 0.3) is 0 Å². The summed E-state index contributed by atoms with van der Waals surface area (Å²) in [5, 5.41) is 3.28. The minimum Gasteiger partial charge on any atom is -0.465 e. The van der Waals surface area contributed by atoms with Crippen LogP contribution in [0.25, 0.3) is 0 Å². The van der Waals surface area contributed by atoms with Gasteiger partial charge in [0, 0.05) is 0 Å². The van der Waals surface area contributed by atoms with Crippen molar-refractivity contribution in [3.05, 3.63) is 0 Å². The first kappa shape index (κ1) is 8.05. The summed E-state index contributed by atoms with van der Waals surface area (Å²) in [7, 11) is 0. The Morgan fingerprint density at radius 1 is 1.75 bits per heavy atom. The van der Waals surface area contributed by atoms with Crippen molar-refractivity contribution in [3.8, 4) is 0 Å². The van der Waals surface area contributed by atoms with Crippen molar-refractivity contribution < 1.29 is 9.53 Å². The van der Waals surface area contributed by atoms with Gasteiger partial charge in [0.15, 0.2) is 0 Å². The lowest BCUT2D eigenvalue weighted by atomic mass is 10.1. The second-order valence-corrected chi connectivity index (χ2v) is 3.66. The van der Waals surface area contributed by atoms with E-state index >= 15 is 0 Å². The third-order valence-corrected chi connectivity index (χ3v) is 2.91. The summed E-state index contributed by atoms with van der Waals surface area (Å²) in [6, 6.07) is 0. The molecule has 2 atom stereocenters. The maximum Gasteiger partial charge on any atom is 0.326 e. The van der Waals surface area contributed by atoms with Gasteiger partial charge in [0.1, 0.15) is 5.54 Å². The molecule has 12 heavy (non-hydrogen) atoms. The Hall–Kier alpha value is -0.570. The largest absolute Gasteiger partial charge is 0.465 e. The van der Waals surface area contributed by atoms with Crippen LogP contribution in [-0.4, -0.2) is 24.7 Å². The summed E-state index contributed by atoms with van der Waals surface area (Å²) in [6.07, 6.45) is 3.38. The summed E-state index contributed by atoms with van der Waals surface area (Å²) in [6.45, 7) is 3.32. The molecule has 0 radical (unpaired) electrons. The Kier molecular flexibility index (Phi) is 1.83. The number of piperidine rings is 1. The number of ether oxygens (including phenoxy) is 1. The number of carbonyl (C=O) groups excluding carboxylic acids is 1. The first-order valence-corrected chi connectivity index (χ1v) is 4.72. The van der Waals surface area contributed by atoms with E-state index in [1.54, 1.807) is 0 Å². The van der Waals surface area contributed by atoms with Crippen LogP contribution in [0.5, 0.6) is 0 Å². The van der Waals surface area contributed by atoms with E-state index in [-0.39, 0.29) is 11.5 Å². The van der Waals surface area contributed by atoms with Crippen LogP contribution in [-0.2, 0) is 9.53 Å². The highest BCUT2D eigenvalue weighted by molar-refractivity contribution is 5.85. The molecule has 2 aliphatic rings. The fraction of sp³-hybridized carbons (Fsp3) is 0.889. The van der Waals surface area contributed by atoms with Gasteiger partial charge in [-0.2, -0.15) is 0 Å². The van der Waals surface area contributed by atoms with Gasteiger partial charge in [0.2, 0.25) is 0 Å². The van der Waals surface area contributed by atoms with E-state index in [0.29, 0.717) is 12.5 Å². The van der Waals surface area contributed by atoms with Crippen molar-refractivity contribution in [1.29, 1.82) is 0 Å². The topological polar surface area (TPSA) is 38.3 Å². The molecule has 0 aromatic rings. The van der Waals surface area contributed by atoms with Gasteiger partial charge < -0.3 is 10.1 Å². The lowest BCUT2D eigenvalue weighted by Gasteiger charge is -2.21. The Labute approximate surface area is 72.5 Å². The maximum absolute atomic E-state index is 11.5. The SMILES string of the molecule is CCOC(=O)C12CC1CCCN2. The third-order valence-electron chi connectivity index (χ3n) is 2.91. The van der Waals surface area contributed by atoms with Crippen molar-refractivity contribution in [2.45, 2.75) is 31.7 Å². The number of esters is 1. The average molecular weight is 169 g/mol. The molecule has 2 unspecified atom stereocenters. The molecule has 1 saturated heterocycles. The summed E-state index contributed by atoms with van der Waals surface area (Å²) in [5.74, 6) is 0.528. The maximum atomic E-state index is 11.5. The molecule has 2 rings (SSSR count). The molecule has 0 aromatic heterocycles. The van der Waals surface area contributed by atoms with E-state index in [9.17, 15) is 4.79 Å². The van der Waals surface area contributed by atoms with E-state index in [2.05, 4.69) is 5.32 Å². The number of fused-ring (bicyclic) bond motifs is 1. The molecule has 1 N–H and O–H groups in total. The highest BCUT2D eigenvalue weighted by Gasteiger charge is 2.61. The smallest absolute Gasteiger partial charge is 0.326 e. The van der Waals surface area contributed by atoms with E-state index in [1.807, 2.05) is 6.92 Å². The first-order chi connectivity index (χ1) is 5.79. The van der Waals surface area contributed by atoms with Crippen molar-refractivity contribution in [2.24, 2.45) is 5.92 Å². The zero-order valence-corrected chi connectivity index (χ0v) is 7.43. The number of nitrogens with one attached hydrogen (secondary N) is 1. The second-order valence-electron chi connectivity index (χ2n) is 3.66. The van der Waals surface area contributed by atoms with Crippen molar-refractivity contribution in [1.82, 2.24) is 5.32 Å². The lowest BCUT2D eigenvalue weighted by molar-refractivity contribution is -0.147. The molecular weight excluding hydrogens is 154 g/mol. The van der Waals surface area contributed by atoms with Crippen molar-refractivity contribution in [3.63, 3.8) is 0 Å². The Morgan fingerprint density at radius 3 is 3.25 bits per heavy atom. The summed E-state index contributed by atoms with van der Waals surface area (Å²) < 4.78 is 5.02. The normalized spacial score (nSPS) is 38.6. The van der Waals surface area contributed by atoms with Crippen LogP contribution in [0.15, 0.2) is 0 Å². The quantitative estimate of drug-likeness (QED) is 0.618. The molecular formula is C9H15NO2. The molecule has 0 spiro atoms. The fourth-order valence-electron chi connectivity index (χ4n) is 2.14. The van der Waals surface area contributed by atoms with Crippen LogP contribution in [0.1, 0.15) is 26.2 Å². The Balaban J connectivity index is 1.98. The van der Waals surface area contributed by atoms with Gasteiger partial charge in [-0.25, -0.2) is 0 Å². The van der Waals surface area contributed by atoms with Gasteiger partial charge in [-0.3, -0.25) is 4.79 Å². The number of rotatable bonds is 2.